The molecule has 0 aliphatic carbocycles. The van der Waals surface area contributed by atoms with Gasteiger partial charge in [-0.15, -0.1) is 0 Å². The van der Waals surface area contributed by atoms with Gasteiger partial charge in [0.25, 0.3) is 0 Å². The monoisotopic (exact) mass is 203 g/mol. The highest BCUT2D eigenvalue weighted by Crippen LogP contribution is 2.28. The first-order valence-electron chi connectivity index (χ1n) is 5.62. The Bertz CT molecular complexity index is 342. The summed E-state index contributed by atoms with van der Waals surface area (Å²) in [6, 6.07) is 8.25. The van der Waals surface area contributed by atoms with E-state index >= 15 is 0 Å². The Morgan fingerprint density at radius 3 is 2.60 bits per heavy atom. The number of aldehydes is 1. The summed E-state index contributed by atoms with van der Waals surface area (Å²) in [4.78, 5) is 13.2. The van der Waals surface area contributed by atoms with Gasteiger partial charge in [0.05, 0.1) is 0 Å². The van der Waals surface area contributed by atoms with E-state index in [0.717, 1.165) is 24.9 Å². The van der Waals surface area contributed by atoms with Gasteiger partial charge in [0, 0.05) is 24.7 Å². The van der Waals surface area contributed by atoms with Crippen molar-refractivity contribution in [1.29, 1.82) is 0 Å². The minimum absolute atomic E-state index is 0.00167. The van der Waals surface area contributed by atoms with Crippen LogP contribution in [-0.2, 0) is 4.79 Å². The summed E-state index contributed by atoms with van der Waals surface area (Å²) in [6.45, 7) is 4.22. The highest BCUT2D eigenvalue weighted by atomic mass is 16.1. The first-order valence-corrected chi connectivity index (χ1v) is 5.62. The van der Waals surface area contributed by atoms with Crippen molar-refractivity contribution in [1.82, 2.24) is 0 Å². The van der Waals surface area contributed by atoms with Gasteiger partial charge in [-0.1, -0.05) is 25.1 Å². The Labute approximate surface area is 90.9 Å². The maximum Gasteiger partial charge on any atom is 0.127 e. The molecule has 1 fully saturated rings. The fourth-order valence-corrected chi connectivity index (χ4v) is 2.19. The van der Waals surface area contributed by atoms with Crippen molar-refractivity contribution in [2.75, 3.05) is 18.0 Å². The summed E-state index contributed by atoms with van der Waals surface area (Å²) in [5.74, 6) is 0.00167. The van der Waals surface area contributed by atoms with Gasteiger partial charge in [0.15, 0.2) is 0 Å². The predicted molar refractivity (Wildman–Crippen MR) is 62.4 cm³/mol. The van der Waals surface area contributed by atoms with Gasteiger partial charge < -0.3 is 9.69 Å². The van der Waals surface area contributed by atoms with E-state index < -0.39 is 0 Å². The second-order valence-electron chi connectivity index (χ2n) is 4.18. The summed E-state index contributed by atoms with van der Waals surface area (Å²) in [6.07, 6.45) is 3.56. The first-order chi connectivity index (χ1) is 7.33. The molecule has 1 saturated heterocycles. The average Bonchev–Trinajstić information content (AvgIpc) is 2.81. The standard InChI is InChI=1S/C13H17NO/c1-11(10-15)12-6-2-3-7-13(12)14-8-4-5-9-14/h2-3,6-7,10-11H,4-5,8-9H2,1H3. The largest absolute Gasteiger partial charge is 0.371 e. The van der Waals surface area contributed by atoms with Crippen molar-refractivity contribution < 1.29 is 4.79 Å². The van der Waals surface area contributed by atoms with Crippen LogP contribution in [-0.4, -0.2) is 19.4 Å². The molecule has 2 heteroatoms. The van der Waals surface area contributed by atoms with Crippen LogP contribution in [0.3, 0.4) is 0 Å². The molecule has 15 heavy (non-hydrogen) atoms. The maximum atomic E-state index is 10.9. The molecule has 2 nitrogen and oxygen atoms in total. The van der Waals surface area contributed by atoms with Crippen LogP contribution < -0.4 is 4.90 Å². The molecular formula is C13H17NO. The lowest BCUT2D eigenvalue weighted by atomic mass is 10.00. The minimum Gasteiger partial charge on any atom is -0.371 e. The molecule has 1 heterocycles. The van der Waals surface area contributed by atoms with Crippen LogP contribution in [0.2, 0.25) is 0 Å². The smallest absolute Gasteiger partial charge is 0.127 e. The van der Waals surface area contributed by atoms with Crippen LogP contribution in [0, 0.1) is 0 Å². The van der Waals surface area contributed by atoms with E-state index in [1.165, 1.54) is 18.5 Å². The van der Waals surface area contributed by atoms with Crippen molar-refractivity contribution in [3.8, 4) is 0 Å². The highest BCUT2D eigenvalue weighted by molar-refractivity contribution is 5.68. The number of benzene rings is 1. The molecule has 0 spiro atoms. The second kappa shape index (κ2) is 4.47. The third-order valence-electron chi connectivity index (χ3n) is 3.08. The number of hydrogen-bond acceptors (Lipinski definition) is 2. The zero-order valence-electron chi connectivity index (χ0n) is 9.15. The SMILES string of the molecule is CC(C=O)c1ccccc1N1CCCC1. The molecular weight excluding hydrogens is 186 g/mol. The number of carbonyl (C=O) groups is 1. The van der Waals surface area contributed by atoms with Crippen LogP contribution >= 0.6 is 0 Å². The summed E-state index contributed by atoms with van der Waals surface area (Å²) < 4.78 is 0. The summed E-state index contributed by atoms with van der Waals surface area (Å²) in [7, 11) is 0. The number of anilines is 1. The molecule has 1 aliphatic heterocycles. The van der Waals surface area contributed by atoms with Gasteiger partial charge in [-0.25, -0.2) is 0 Å². The van der Waals surface area contributed by atoms with Crippen molar-refractivity contribution in [3.05, 3.63) is 29.8 Å². The van der Waals surface area contributed by atoms with Crippen molar-refractivity contribution in [3.63, 3.8) is 0 Å². The normalized spacial score (nSPS) is 17.8. The van der Waals surface area contributed by atoms with Gasteiger partial charge in [-0.2, -0.15) is 0 Å². The Morgan fingerprint density at radius 2 is 1.93 bits per heavy atom. The number of para-hydroxylation sites is 1. The van der Waals surface area contributed by atoms with Crippen LogP contribution in [0.5, 0.6) is 0 Å². The fourth-order valence-electron chi connectivity index (χ4n) is 2.19. The average molecular weight is 203 g/mol. The van der Waals surface area contributed by atoms with Crippen LogP contribution in [0.25, 0.3) is 0 Å². The van der Waals surface area contributed by atoms with E-state index in [2.05, 4.69) is 23.1 Å². The van der Waals surface area contributed by atoms with E-state index in [-0.39, 0.29) is 5.92 Å². The number of hydrogen-bond donors (Lipinski definition) is 0. The Balaban J connectivity index is 2.32. The molecule has 0 bridgehead atoms. The molecule has 0 amide bonds. The van der Waals surface area contributed by atoms with Crippen LogP contribution in [0.4, 0.5) is 5.69 Å². The molecule has 1 aliphatic rings. The van der Waals surface area contributed by atoms with Crippen molar-refractivity contribution in [2.45, 2.75) is 25.7 Å². The number of carbonyl (C=O) groups excluding carboxylic acids is 1. The van der Waals surface area contributed by atoms with Gasteiger partial charge >= 0.3 is 0 Å². The quantitative estimate of drug-likeness (QED) is 0.704. The number of rotatable bonds is 3. The molecule has 0 radical (unpaired) electrons. The molecule has 1 atom stereocenters. The Kier molecular flexibility index (Phi) is 3.05. The van der Waals surface area contributed by atoms with Crippen molar-refractivity contribution >= 4 is 12.0 Å². The van der Waals surface area contributed by atoms with Crippen LogP contribution in [0.15, 0.2) is 24.3 Å². The molecule has 0 saturated carbocycles. The summed E-state index contributed by atoms with van der Waals surface area (Å²) in [5, 5.41) is 0. The summed E-state index contributed by atoms with van der Waals surface area (Å²) in [5.41, 5.74) is 2.41. The lowest BCUT2D eigenvalue weighted by Crippen LogP contribution is -2.19. The molecule has 1 unspecified atom stereocenters. The third kappa shape index (κ3) is 2.04. The van der Waals surface area contributed by atoms with Crippen LogP contribution in [0.1, 0.15) is 31.2 Å². The second-order valence-corrected chi connectivity index (χ2v) is 4.18. The van der Waals surface area contributed by atoms with E-state index in [0.29, 0.717) is 0 Å². The van der Waals surface area contributed by atoms with E-state index in [1.807, 2.05) is 13.0 Å². The Morgan fingerprint density at radius 1 is 1.27 bits per heavy atom. The minimum atomic E-state index is 0.00167. The lowest BCUT2D eigenvalue weighted by Gasteiger charge is -2.22. The van der Waals surface area contributed by atoms with Gasteiger partial charge in [-0.3, -0.25) is 0 Å². The molecule has 1 aromatic rings. The predicted octanol–water partition coefficient (Wildman–Crippen LogP) is 2.59. The highest BCUT2D eigenvalue weighted by Gasteiger charge is 2.17. The molecule has 0 aromatic heterocycles. The fraction of sp³-hybridized carbons (Fsp3) is 0.462. The zero-order valence-corrected chi connectivity index (χ0v) is 9.15. The van der Waals surface area contributed by atoms with Gasteiger partial charge in [0.2, 0.25) is 0 Å². The van der Waals surface area contributed by atoms with Crippen molar-refractivity contribution in [2.24, 2.45) is 0 Å². The number of nitrogens with zero attached hydrogens (tertiary/aromatic N) is 1. The molecule has 80 valence electrons. The van der Waals surface area contributed by atoms with E-state index in [4.69, 9.17) is 0 Å². The van der Waals surface area contributed by atoms with E-state index in [1.54, 1.807) is 0 Å². The van der Waals surface area contributed by atoms with E-state index in [9.17, 15) is 4.79 Å². The third-order valence-corrected chi connectivity index (χ3v) is 3.08. The summed E-state index contributed by atoms with van der Waals surface area (Å²) >= 11 is 0. The molecule has 2 rings (SSSR count). The maximum absolute atomic E-state index is 10.9. The molecule has 0 N–H and O–H groups in total. The lowest BCUT2D eigenvalue weighted by molar-refractivity contribution is -0.108. The molecule has 1 aromatic carbocycles. The van der Waals surface area contributed by atoms with Gasteiger partial charge in [0.1, 0.15) is 6.29 Å². The van der Waals surface area contributed by atoms with Gasteiger partial charge in [-0.05, 0) is 24.5 Å². The zero-order chi connectivity index (χ0) is 10.7. The Hall–Kier alpha value is -1.31. The topological polar surface area (TPSA) is 20.3 Å². The first kappa shape index (κ1) is 10.2.